The Morgan fingerprint density at radius 2 is 2.20 bits per heavy atom. The molecule has 1 heterocycles. The van der Waals surface area contributed by atoms with Gasteiger partial charge in [0.25, 0.3) is 5.91 Å². The zero-order chi connectivity index (χ0) is 14.7. The second kappa shape index (κ2) is 6.39. The summed E-state index contributed by atoms with van der Waals surface area (Å²) in [6, 6.07) is 1.97. The molecule has 1 aliphatic carbocycles. The summed E-state index contributed by atoms with van der Waals surface area (Å²) in [5.41, 5.74) is 1.18. The number of amides is 2. The van der Waals surface area contributed by atoms with Gasteiger partial charge < -0.3 is 10.2 Å². The van der Waals surface area contributed by atoms with Gasteiger partial charge in [-0.3, -0.25) is 9.59 Å². The van der Waals surface area contributed by atoms with Crippen LogP contribution in [0.1, 0.15) is 39.9 Å². The van der Waals surface area contributed by atoms with Gasteiger partial charge in [-0.25, -0.2) is 0 Å². The zero-order valence-corrected chi connectivity index (χ0v) is 13.2. The summed E-state index contributed by atoms with van der Waals surface area (Å²) in [6.45, 7) is 2.80. The van der Waals surface area contributed by atoms with Crippen LogP contribution in [-0.2, 0) is 17.6 Å². The molecule has 2 rings (SSSR count). The van der Waals surface area contributed by atoms with Gasteiger partial charge in [0.05, 0.1) is 4.88 Å². The first-order valence-electron chi connectivity index (χ1n) is 7.13. The molecular formula is C15H22N2O2S. The number of nitrogens with one attached hydrogen (secondary N) is 1. The van der Waals surface area contributed by atoms with Gasteiger partial charge in [0.15, 0.2) is 0 Å². The quantitative estimate of drug-likeness (QED) is 0.924. The van der Waals surface area contributed by atoms with E-state index in [2.05, 4.69) is 12.2 Å². The van der Waals surface area contributed by atoms with E-state index >= 15 is 0 Å². The van der Waals surface area contributed by atoms with E-state index in [1.165, 1.54) is 10.4 Å². The lowest BCUT2D eigenvalue weighted by Gasteiger charge is -2.21. The molecule has 0 fully saturated rings. The van der Waals surface area contributed by atoms with E-state index in [9.17, 15) is 9.59 Å². The number of carbonyl (C=O) groups is 2. The second-order valence-corrected chi connectivity index (χ2v) is 6.63. The van der Waals surface area contributed by atoms with Crippen molar-refractivity contribution in [1.82, 2.24) is 10.2 Å². The molecule has 4 nitrogen and oxygen atoms in total. The van der Waals surface area contributed by atoms with Crippen molar-refractivity contribution in [2.75, 3.05) is 20.6 Å². The highest BCUT2D eigenvalue weighted by Gasteiger charge is 2.27. The Morgan fingerprint density at radius 3 is 2.85 bits per heavy atom. The van der Waals surface area contributed by atoms with Gasteiger partial charge in [-0.1, -0.05) is 6.92 Å². The second-order valence-electron chi connectivity index (χ2n) is 5.49. The van der Waals surface area contributed by atoms with Crippen molar-refractivity contribution in [3.8, 4) is 0 Å². The van der Waals surface area contributed by atoms with E-state index in [1.807, 2.05) is 6.07 Å². The molecular weight excluding hydrogens is 272 g/mol. The Labute approximate surface area is 124 Å². The number of hydrogen-bond donors (Lipinski definition) is 1. The lowest BCUT2D eigenvalue weighted by Crippen LogP contribution is -2.34. The Balaban J connectivity index is 2.07. The maximum Gasteiger partial charge on any atom is 0.263 e. The predicted octanol–water partition coefficient (Wildman–Crippen LogP) is 2.08. The standard InChI is InChI=1S/C15H22N2O2S/c1-4-7-16-14(18)10-5-6-12-11(8-10)9-13(20-12)15(19)17(2)3/h9-10H,4-8H2,1-3H3,(H,16,18)/t10-/m1/s1. The van der Waals surface area contributed by atoms with Gasteiger partial charge in [-0.2, -0.15) is 0 Å². The Kier molecular flexibility index (Phi) is 4.81. The summed E-state index contributed by atoms with van der Waals surface area (Å²) < 4.78 is 0. The van der Waals surface area contributed by atoms with Crippen LogP contribution in [0.15, 0.2) is 6.07 Å². The fourth-order valence-corrected chi connectivity index (χ4v) is 3.70. The number of thiophene rings is 1. The average Bonchev–Trinajstić information content (AvgIpc) is 2.86. The van der Waals surface area contributed by atoms with Gasteiger partial charge in [-0.15, -0.1) is 11.3 Å². The molecule has 1 N–H and O–H groups in total. The highest BCUT2D eigenvalue weighted by Crippen LogP contribution is 2.32. The van der Waals surface area contributed by atoms with Crippen LogP contribution in [0.2, 0.25) is 0 Å². The molecule has 0 bridgehead atoms. The maximum absolute atomic E-state index is 12.0. The first-order valence-corrected chi connectivity index (χ1v) is 7.95. The monoisotopic (exact) mass is 294 g/mol. The summed E-state index contributed by atoms with van der Waals surface area (Å²) in [5, 5.41) is 2.97. The van der Waals surface area contributed by atoms with E-state index in [-0.39, 0.29) is 17.7 Å². The minimum atomic E-state index is 0.0522. The molecule has 0 spiro atoms. The molecule has 1 atom stereocenters. The SMILES string of the molecule is CCCNC(=O)[C@@H]1CCc2sc(C(=O)N(C)C)cc2C1. The van der Waals surface area contributed by atoms with Crippen LogP contribution in [0, 0.1) is 5.92 Å². The van der Waals surface area contributed by atoms with Gasteiger partial charge in [0.1, 0.15) is 0 Å². The van der Waals surface area contributed by atoms with Gasteiger partial charge in [0, 0.05) is 31.4 Å². The number of nitrogens with zero attached hydrogens (tertiary/aromatic N) is 1. The maximum atomic E-state index is 12.0. The molecule has 2 amide bonds. The Bertz CT molecular complexity index is 508. The van der Waals surface area contributed by atoms with Crippen molar-refractivity contribution in [2.24, 2.45) is 5.92 Å². The van der Waals surface area contributed by atoms with Crippen LogP contribution < -0.4 is 5.32 Å². The number of fused-ring (bicyclic) bond motifs is 1. The van der Waals surface area contributed by atoms with Crippen LogP contribution in [0.25, 0.3) is 0 Å². The van der Waals surface area contributed by atoms with E-state index < -0.39 is 0 Å². The minimum absolute atomic E-state index is 0.0522. The Morgan fingerprint density at radius 1 is 1.45 bits per heavy atom. The van der Waals surface area contributed by atoms with Crippen molar-refractivity contribution in [3.63, 3.8) is 0 Å². The fraction of sp³-hybridized carbons (Fsp3) is 0.600. The van der Waals surface area contributed by atoms with E-state index in [0.717, 1.165) is 37.1 Å². The van der Waals surface area contributed by atoms with Crippen molar-refractivity contribution >= 4 is 23.2 Å². The first-order chi connectivity index (χ1) is 9.52. The minimum Gasteiger partial charge on any atom is -0.356 e. The van der Waals surface area contributed by atoms with Crippen LogP contribution in [0.5, 0.6) is 0 Å². The molecule has 0 aliphatic heterocycles. The topological polar surface area (TPSA) is 49.4 Å². The van der Waals surface area contributed by atoms with Crippen molar-refractivity contribution in [3.05, 3.63) is 21.4 Å². The molecule has 110 valence electrons. The molecule has 0 radical (unpaired) electrons. The molecule has 20 heavy (non-hydrogen) atoms. The summed E-state index contributed by atoms with van der Waals surface area (Å²) in [6.07, 6.45) is 3.52. The number of carbonyl (C=O) groups excluding carboxylic acids is 2. The number of aryl methyl sites for hydroxylation is 1. The summed E-state index contributed by atoms with van der Waals surface area (Å²) in [5.74, 6) is 0.270. The summed E-state index contributed by atoms with van der Waals surface area (Å²) >= 11 is 1.58. The fourth-order valence-electron chi connectivity index (χ4n) is 2.47. The molecule has 0 unspecified atom stereocenters. The van der Waals surface area contributed by atoms with E-state index in [0.29, 0.717) is 0 Å². The lowest BCUT2D eigenvalue weighted by atomic mass is 9.87. The molecule has 0 saturated carbocycles. The van der Waals surface area contributed by atoms with E-state index in [4.69, 9.17) is 0 Å². The third-order valence-electron chi connectivity index (χ3n) is 3.62. The molecule has 0 aromatic carbocycles. The van der Waals surface area contributed by atoms with Crippen molar-refractivity contribution < 1.29 is 9.59 Å². The Hall–Kier alpha value is -1.36. The van der Waals surface area contributed by atoms with Crippen LogP contribution in [0.4, 0.5) is 0 Å². The van der Waals surface area contributed by atoms with E-state index in [1.54, 1.807) is 30.3 Å². The summed E-state index contributed by atoms with van der Waals surface area (Å²) in [7, 11) is 3.53. The van der Waals surface area contributed by atoms with Gasteiger partial charge in [-0.05, 0) is 37.3 Å². The number of rotatable bonds is 4. The molecule has 0 saturated heterocycles. The summed E-state index contributed by atoms with van der Waals surface area (Å²) in [4.78, 5) is 27.7. The normalized spacial score (nSPS) is 17.4. The van der Waals surface area contributed by atoms with Gasteiger partial charge in [0.2, 0.25) is 5.91 Å². The van der Waals surface area contributed by atoms with Crippen molar-refractivity contribution in [1.29, 1.82) is 0 Å². The molecule has 1 aromatic rings. The van der Waals surface area contributed by atoms with Crippen molar-refractivity contribution in [2.45, 2.75) is 32.6 Å². The highest BCUT2D eigenvalue weighted by atomic mass is 32.1. The average molecular weight is 294 g/mol. The highest BCUT2D eigenvalue weighted by molar-refractivity contribution is 7.14. The lowest BCUT2D eigenvalue weighted by molar-refractivity contribution is -0.125. The molecule has 1 aliphatic rings. The third-order valence-corrected chi connectivity index (χ3v) is 4.84. The van der Waals surface area contributed by atoms with Gasteiger partial charge >= 0.3 is 0 Å². The third kappa shape index (κ3) is 3.20. The van der Waals surface area contributed by atoms with Crippen LogP contribution >= 0.6 is 11.3 Å². The first kappa shape index (κ1) is 15.0. The molecule has 5 heteroatoms. The molecule has 1 aromatic heterocycles. The largest absolute Gasteiger partial charge is 0.356 e. The predicted molar refractivity (Wildman–Crippen MR) is 81.2 cm³/mol. The zero-order valence-electron chi connectivity index (χ0n) is 12.4. The smallest absolute Gasteiger partial charge is 0.263 e. The number of hydrogen-bond acceptors (Lipinski definition) is 3. The van der Waals surface area contributed by atoms with Crippen LogP contribution in [-0.4, -0.2) is 37.4 Å². The van der Waals surface area contributed by atoms with Crippen LogP contribution in [0.3, 0.4) is 0 Å².